The first kappa shape index (κ1) is 22.0. The number of nitrogens with one attached hydrogen (secondary N) is 2. The van der Waals surface area contributed by atoms with Crippen molar-refractivity contribution in [2.75, 3.05) is 19.4 Å². The van der Waals surface area contributed by atoms with Crippen molar-refractivity contribution in [3.63, 3.8) is 0 Å². The van der Waals surface area contributed by atoms with Gasteiger partial charge in [0.25, 0.3) is 0 Å². The van der Waals surface area contributed by atoms with Gasteiger partial charge in [-0.05, 0) is 31.4 Å². The number of aliphatic hydroxyl groups is 2. The number of benzene rings is 1. The first-order chi connectivity index (χ1) is 16.3. The van der Waals surface area contributed by atoms with Crippen LogP contribution in [0.2, 0.25) is 0 Å². The second-order valence-electron chi connectivity index (χ2n) is 8.71. The van der Waals surface area contributed by atoms with Gasteiger partial charge in [0.2, 0.25) is 11.7 Å². The first-order valence-corrected chi connectivity index (χ1v) is 11.0. The molecule has 2 aliphatic carbocycles. The van der Waals surface area contributed by atoms with Gasteiger partial charge in [0.15, 0.2) is 22.8 Å². The fourth-order valence-corrected chi connectivity index (χ4v) is 5.07. The molecule has 4 N–H and O–H groups in total. The van der Waals surface area contributed by atoms with E-state index in [0.717, 1.165) is 0 Å². The molecule has 5 atom stereocenters. The molecule has 174 valence electrons. The summed E-state index contributed by atoms with van der Waals surface area (Å²) in [6, 6.07) is 6.38. The van der Waals surface area contributed by atoms with Gasteiger partial charge in [0, 0.05) is 31.1 Å². The smallest absolute Gasteiger partial charge is 0.229 e. The van der Waals surface area contributed by atoms with Crippen molar-refractivity contribution in [2.24, 2.45) is 11.3 Å². The largest absolute Gasteiger partial charge is 0.389 e. The third kappa shape index (κ3) is 3.16. The molecular formula is C24H24N6O4. The van der Waals surface area contributed by atoms with Gasteiger partial charge in [-0.1, -0.05) is 18.1 Å². The lowest BCUT2D eigenvalue weighted by Gasteiger charge is -2.23. The number of fused-ring (bicyclic) bond motifs is 2. The number of anilines is 1. The Bertz CT molecular complexity index is 1370. The van der Waals surface area contributed by atoms with Crippen molar-refractivity contribution in [3.8, 4) is 11.8 Å². The Morgan fingerprint density at radius 2 is 1.88 bits per heavy atom. The average molecular weight is 460 g/mol. The molecule has 0 bridgehead atoms. The van der Waals surface area contributed by atoms with Crippen molar-refractivity contribution < 1.29 is 19.8 Å². The zero-order valence-corrected chi connectivity index (χ0v) is 18.9. The predicted octanol–water partition coefficient (Wildman–Crippen LogP) is 0.499. The van der Waals surface area contributed by atoms with E-state index >= 15 is 0 Å². The maximum Gasteiger partial charge on any atom is 0.229 e. The van der Waals surface area contributed by atoms with E-state index in [-0.39, 0.29) is 23.4 Å². The lowest BCUT2D eigenvalue weighted by molar-refractivity contribution is -0.132. The molecule has 2 saturated carbocycles. The van der Waals surface area contributed by atoms with Crippen molar-refractivity contribution in [3.05, 3.63) is 47.5 Å². The Hall–Kier alpha value is -3.81. The Kier molecular flexibility index (Phi) is 5.11. The predicted molar refractivity (Wildman–Crippen MR) is 123 cm³/mol. The number of carbonyl (C=O) groups is 2. The zero-order chi connectivity index (χ0) is 24.2. The number of amides is 1. The highest BCUT2D eigenvalue weighted by atomic mass is 16.3. The Labute approximate surface area is 195 Å². The number of rotatable bonds is 4. The van der Waals surface area contributed by atoms with Crippen molar-refractivity contribution in [2.45, 2.75) is 31.6 Å². The van der Waals surface area contributed by atoms with E-state index in [1.54, 1.807) is 42.2 Å². The standard InChI is InChI=1S/C24H24N6O4/c1-12(31)14-7-4-13(5-8-14)6-9-16-28-21(25-2)17-22(29-16)30(11-27-17)18-15-10-24(15,23(34)26-3)20(33)19(18)32/h4-5,7-8,11,15,18-20,32-33H,10H2,1-3H3,(H,26,34)(H,25,28,29)/t15?,18-,19?,20+,24-/m1/s1. The summed E-state index contributed by atoms with van der Waals surface area (Å²) in [5.41, 5.74) is 1.26. The van der Waals surface area contributed by atoms with Gasteiger partial charge in [-0.25, -0.2) is 15.0 Å². The van der Waals surface area contributed by atoms with E-state index < -0.39 is 23.7 Å². The van der Waals surface area contributed by atoms with Gasteiger partial charge in [-0.2, -0.15) is 0 Å². The van der Waals surface area contributed by atoms with Crippen LogP contribution in [0.3, 0.4) is 0 Å². The minimum Gasteiger partial charge on any atom is -0.389 e. The number of aromatic nitrogens is 4. The molecule has 10 nitrogen and oxygen atoms in total. The first-order valence-electron chi connectivity index (χ1n) is 11.0. The molecule has 34 heavy (non-hydrogen) atoms. The van der Waals surface area contributed by atoms with Crippen LogP contribution in [0.1, 0.15) is 41.1 Å². The third-order valence-corrected chi connectivity index (χ3v) is 6.91. The van der Waals surface area contributed by atoms with Crippen molar-refractivity contribution in [1.82, 2.24) is 24.8 Å². The lowest BCUT2D eigenvalue weighted by Crippen LogP contribution is -2.41. The molecule has 10 heteroatoms. The Morgan fingerprint density at radius 1 is 1.15 bits per heavy atom. The quantitative estimate of drug-likeness (QED) is 0.326. The monoisotopic (exact) mass is 460 g/mol. The summed E-state index contributed by atoms with van der Waals surface area (Å²) in [6.07, 6.45) is -0.294. The molecular weight excluding hydrogens is 436 g/mol. The van der Waals surface area contributed by atoms with Gasteiger partial charge in [-0.3, -0.25) is 9.59 Å². The van der Waals surface area contributed by atoms with Gasteiger partial charge in [-0.15, -0.1) is 0 Å². The zero-order valence-electron chi connectivity index (χ0n) is 18.9. The molecule has 0 radical (unpaired) electrons. The average Bonchev–Trinajstić information content (AvgIpc) is 3.38. The molecule has 2 heterocycles. The molecule has 0 saturated heterocycles. The van der Waals surface area contributed by atoms with E-state index in [1.165, 1.54) is 14.0 Å². The molecule has 1 aromatic carbocycles. The molecule has 2 aromatic heterocycles. The highest BCUT2D eigenvalue weighted by molar-refractivity contribution is 5.94. The van der Waals surface area contributed by atoms with Crippen LogP contribution in [0, 0.1) is 23.2 Å². The maximum absolute atomic E-state index is 12.5. The van der Waals surface area contributed by atoms with Crippen LogP contribution in [-0.2, 0) is 4.79 Å². The molecule has 2 fully saturated rings. The number of nitrogens with zero attached hydrogens (tertiary/aromatic N) is 4. The molecule has 1 amide bonds. The summed E-state index contributed by atoms with van der Waals surface area (Å²) >= 11 is 0. The van der Waals surface area contributed by atoms with Crippen LogP contribution in [0.15, 0.2) is 30.6 Å². The van der Waals surface area contributed by atoms with Gasteiger partial charge < -0.3 is 25.4 Å². The Balaban J connectivity index is 1.54. The van der Waals surface area contributed by atoms with E-state index in [0.29, 0.717) is 34.5 Å². The summed E-state index contributed by atoms with van der Waals surface area (Å²) < 4.78 is 1.71. The topological polar surface area (TPSA) is 142 Å². The molecule has 3 aromatic rings. The minimum atomic E-state index is -1.18. The minimum absolute atomic E-state index is 0.0180. The number of hydrogen-bond acceptors (Lipinski definition) is 8. The van der Waals surface area contributed by atoms with Crippen LogP contribution in [-0.4, -0.2) is 67.7 Å². The Morgan fingerprint density at radius 3 is 2.53 bits per heavy atom. The summed E-state index contributed by atoms with van der Waals surface area (Å²) in [5.74, 6) is 6.13. The summed E-state index contributed by atoms with van der Waals surface area (Å²) in [6.45, 7) is 1.51. The SMILES string of the molecule is CNC(=O)[C@]12CC1[C@@H](n1cnc3c(NC)nc(C#Cc4ccc(C(C)=O)cc4)nc31)C(O)[C@@H]2O. The van der Waals surface area contributed by atoms with Crippen LogP contribution in [0.5, 0.6) is 0 Å². The van der Waals surface area contributed by atoms with Crippen LogP contribution < -0.4 is 10.6 Å². The molecule has 5 rings (SSSR count). The molecule has 2 unspecified atom stereocenters. The number of aliphatic hydroxyl groups excluding tert-OH is 2. The highest BCUT2D eigenvalue weighted by Crippen LogP contribution is 2.67. The number of imidazole rings is 1. The number of carbonyl (C=O) groups excluding carboxylic acids is 2. The van der Waals surface area contributed by atoms with E-state index in [1.807, 2.05) is 0 Å². The summed E-state index contributed by atoms with van der Waals surface area (Å²) in [7, 11) is 3.24. The van der Waals surface area contributed by atoms with E-state index in [9.17, 15) is 19.8 Å². The van der Waals surface area contributed by atoms with Crippen LogP contribution >= 0.6 is 0 Å². The highest BCUT2D eigenvalue weighted by Gasteiger charge is 2.75. The van der Waals surface area contributed by atoms with Crippen LogP contribution in [0.4, 0.5) is 5.82 Å². The number of hydrogen-bond donors (Lipinski definition) is 4. The molecule has 0 aliphatic heterocycles. The number of Topliss-reactive ketones (excluding diaryl/α,β-unsaturated/α-hetero) is 1. The fraction of sp³-hybridized carbons (Fsp3) is 0.375. The second kappa shape index (κ2) is 7.90. The fourth-order valence-electron chi connectivity index (χ4n) is 5.07. The van der Waals surface area contributed by atoms with E-state index in [2.05, 4.69) is 37.4 Å². The lowest BCUT2D eigenvalue weighted by atomic mass is 9.98. The summed E-state index contributed by atoms with van der Waals surface area (Å²) in [4.78, 5) is 37.4. The molecule has 0 spiro atoms. The van der Waals surface area contributed by atoms with Crippen LogP contribution in [0.25, 0.3) is 11.2 Å². The van der Waals surface area contributed by atoms with Crippen molar-refractivity contribution >= 4 is 28.7 Å². The molecule has 2 aliphatic rings. The summed E-state index contributed by atoms with van der Waals surface area (Å²) in [5, 5.41) is 27.1. The van der Waals surface area contributed by atoms with Gasteiger partial charge in [0.1, 0.15) is 6.10 Å². The number of ketones is 1. The third-order valence-electron chi connectivity index (χ3n) is 6.91. The van der Waals surface area contributed by atoms with Gasteiger partial charge in [0.05, 0.1) is 23.9 Å². The normalized spacial score (nSPS) is 27.0. The maximum atomic E-state index is 12.5. The second-order valence-corrected chi connectivity index (χ2v) is 8.71. The van der Waals surface area contributed by atoms with Crippen molar-refractivity contribution in [1.29, 1.82) is 0 Å². The van der Waals surface area contributed by atoms with Gasteiger partial charge >= 0.3 is 0 Å². The van der Waals surface area contributed by atoms with E-state index in [4.69, 9.17) is 0 Å².